The molecule has 1 aromatic rings. The molecule has 154 valence electrons. The zero-order chi connectivity index (χ0) is 20.2. The standard InChI is InChI=1S/C27H34O2/c1-18-9-12-23-22-11-10-20-17-21(29-25(28)19-7-5-4-6-8-19)13-15-27(20,3)24(22)14-16-26(18,23)2/h4-8,17,21-24H,1,9-16H2,2-3H3/t21-,22+,23+,24+,26-,27+/m1/s1. The van der Waals surface area contributed by atoms with Crippen LogP contribution in [0, 0.1) is 28.6 Å². The highest BCUT2D eigenvalue weighted by atomic mass is 16.5. The second kappa shape index (κ2) is 6.86. The van der Waals surface area contributed by atoms with Gasteiger partial charge in [0.2, 0.25) is 0 Å². The number of hydrogen-bond acceptors (Lipinski definition) is 2. The van der Waals surface area contributed by atoms with Crippen LogP contribution in [0.25, 0.3) is 0 Å². The highest BCUT2D eigenvalue weighted by molar-refractivity contribution is 5.89. The van der Waals surface area contributed by atoms with E-state index in [0.29, 0.717) is 16.4 Å². The van der Waals surface area contributed by atoms with Crippen molar-refractivity contribution in [3.63, 3.8) is 0 Å². The monoisotopic (exact) mass is 390 g/mol. The summed E-state index contributed by atoms with van der Waals surface area (Å²) >= 11 is 0. The number of carbonyl (C=O) groups is 1. The zero-order valence-corrected chi connectivity index (χ0v) is 18.0. The molecule has 29 heavy (non-hydrogen) atoms. The Hall–Kier alpha value is -1.83. The lowest BCUT2D eigenvalue weighted by molar-refractivity contribution is -0.0337. The van der Waals surface area contributed by atoms with Crippen LogP contribution in [0.3, 0.4) is 0 Å². The Labute approximate surface area is 175 Å². The van der Waals surface area contributed by atoms with Crippen LogP contribution < -0.4 is 0 Å². The van der Waals surface area contributed by atoms with E-state index in [1.807, 2.05) is 30.3 Å². The second-order valence-corrected chi connectivity index (χ2v) is 10.5. The van der Waals surface area contributed by atoms with Crippen LogP contribution in [0.1, 0.15) is 75.6 Å². The predicted molar refractivity (Wildman–Crippen MR) is 116 cm³/mol. The van der Waals surface area contributed by atoms with E-state index in [1.54, 1.807) is 5.57 Å². The Balaban J connectivity index is 1.35. The van der Waals surface area contributed by atoms with E-state index < -0.39 is 0 Å². The maximum Gasteiger partial charge on any atom is 0.338 e. The molecule has 0 N–H and O–H groups in total. The minimum Gasteiger partial charge on any atom is -0.455 e. The molecule has 0 saturated heterocycles. The van der Waals surface area contributed by atoms with E-state index in [1.165, 1.54) is 44.1 Å². The molecule has 0 amide bonds. The van der Waals surface area contributed by atoms with Crippen LogP contribution in [0.15, 0.2) is 54.1 Å². The topological polar surface area (TPSA) is 26.3 Å². The van der Waals surface area contributed by atoms with Crippen molar-refractivity contribution in [3.8, 4) is 0 Å². The van der Waals surface area contributed by atoms with Gasteiger partial charge >= 0.3 is 5.97 Å². The van der Waals surface area contributed by atoms with E-state index >= 15 is 0 Å². The Morgan fingerprint density at radius 2 is 1.69 bits per heavy atom. The van der Waals surface area contributed by atoms with E-state index in [9.17, 15) is 4.79 Å². The first kappa shape index (κ1) is 19.2. The molecular weight excluding hydrogens is 356 g/mol. The molecule has 0 aliphatic heterocycles. The third-order valence-electron chi connectivity index (χ3n) is 9.29. The van der Waals surface area contributed by atoms with Gasteiger partial charge in [0.05, 0.1) is 5.56 Å². The van der Waals surface area contributed by atoms with Gasteiger partial charge in [-0.15, -0.1) is 0 Å². The number of allylic oxidation sites excluding steroid dienone is 2. The van der Waals surface area contributed by atoms with E-state index in [2.05, 4.69) is 26.5 Å². The SMILES string of the molecule is C=C1CC[C@H]2[C@@H]3CCC4=C[C@H](OC(=O)c5ccccc5)CC[C@]4(C)[C@H]3CC[C@]12C. The van der Waals surface area contributed by atoms with E-state index in [0.717, 1.165) is 30.6 Å². The summed E-state index contributed by atoms with van der Waals surface area (Å²) in [5, 5.41) is 0. The lowest BCUT2D eigenvalue weighted by atomic mass is 9.47. The smallest absolute Gasteiger partial charge is 0.338 e. The maximum absolute atomic E-state index is 12.5. The Bertz CT molecular complexity index is 853. The molecular formula is C27H34O2. The third kappa shape index (κ3) is 2.94. The van der Waals surface area contributed by atoms with Crippen molar-refractivity contribution in [1.29, 1.82) is 0 Å². The van der Waals surface area contributed by atoms with Gasteiger partial charge < -0.3 is 4.74 Å². The molecule has 1 aromatic carbocycles. The quantitative estimate of drug-likeness (QED) is 0.413. The van der Waals surface area contributed by atoms with Crippen LogP contribution in [0.5, 0.6) is 0 Å². The third-order valence-corrected chi connectivity index (χ3v) is 9.29. The lowest BCUT2D eigenvalue weighted by Gasteiger charge is -2.58. The highest BCUT2D eigenvalue weighted by Crippen LogP contribution is 2.66. The fourth-order valence-corrected chi connectivity index (χ4v) is 7.48. The minimum absolute atomic E-state index is 0.0672. The molecule has 4 aliphatic rings. The van der Waals surface area contributed by atoms with Gasteiger partial charge in [-0.1, -0.05) is 49.8 Å². The number of rotatable bonds is 2. The molecule has 0 aromatic heterocycles. The Kier molecular flexibility index (Phi) is 4.53. The van der Waals surface area contributed by atoms with Gasteiger partial charge in [0.1, 0.15) is 6.10 Å². The summed E-state index contributed by atoms with van der Waals surface area (Å²) in [5.74, 6) is 2.28. The van der Waals surface area contributed by atoms with Gasteiger partial charge in [-0.2, -0.15) is 0 Å². The summed E-state index contributed by atoms with van der Waals surface area (Å²) in [5.41, 5.74) is 4.42. The molecule has 0 radical (unpaired) electrons. The number of benzene rings is 1. The summed E-state index contributed by atoms with van der Waals surface area (Å²) < 4.78 is 5.88. The highest BCUT2D eigenvalue weighted by Gasteiger charge is 2.57. The van der Waals surface area contributed by atoms with Crippen molar-refractivity contribution < 1.29 is 9.53 Å². The molecule has 4 aliphatic carbocycles. The van der Waals surface area contributed by atoms with Gasteiger partial charge in [0.15, 0.2) is 0 Å². The number of fused-ring (bicyclic) bond motifs is 5. The first-order valence-electron chi connectivity index (χ1n) is 11.6. The first-order valence-corrected chi connectivity index (χ1v) is 11.6. The largest absolute Gasteiger partial charge is 0.455 e. The molecule has 0 spiro atoms. The predicted octanol–water partition coefficient (Wildman–Crippen LogP) is 6.73. The van der Waals surface area contributed by atoms with Gasteiger partial charge in [0.25, 0.3) is 0 Å². The van der Waals surface area contributed by atoms with Crippen molar-refractivity contribution in [1.82, 2.24) is 0 Å². The molecule has 2 heteroatoms. The molecule has 5 rings (SSSR count). The van der Waals surface area contributed by atoms with Crippen LogP contribution in [-0.2, 0) is 4.74 Å². The lowest BCUT2D eigenvalue weighted by Crippen LogP contribution is -2.50. The molecule has 0 bridgehead atoms. The number of carbonyl (C=O) groups excluding carboxylic acids is 1. The average molecular weight is 391 g/mol. The van der Waals surface area contributed by atoms with Crippen molar-refractivity contribution in [2.75, 3.05) is 0 Å². The fourth-order valence-electron chi connectivity index (χ4n) is 7.48. The summed E-state index contributed by atoms with van der Waals surface area (Å²) in [4.78, 5) is 12.5. The van der Waals surface area contributed by atoms with Crippen molar-refractivity contribution in [2.45, 2.75) is 71.3 Å². The van der Waals surface area contributed by atoms with Crippen molar-refractivity contribution >= 4 is 5.97 Å². The summed E-state index contributed by atoms with van der Waals surface area (Å²) in [7, 11) is 0. The average Bonchev–Trinajstić information content (AvgIpc) is 3.03. The Morgan fingerprint density at radius 1 is 0.966 bits per heavy atom. The Morgan fingerprint density at radius 3 is 2.48 bits per heavy atom. The van der Waals surface area contributed by atoms with Crippen molar-refractivity contribution in [2.24, 2.45) is 28.6 Å². The van der Waals surface area contributed by atoms with Crippen LogP contribution in [-0.4, -0.2) is 12.1 Å². The molecule has 3 fully saturated rings. The molecule has 3 saturated carbocycles. The van der Waals surface area contributed by atoms with Gasteiger partial charge in [-0.05, 0) is 98.2 Å². The fraction of sp³-hybridized carbons (Fsp3) is 0.593. The first-order chi connectivity index (χ1) is 13.9. The second-order valence-electron chi connectivity index (χ2n) is 10.5. The number of esters is 1. The summed E-state index contributed by atoms with van der Waals surface area (Å²) in [6.45, 7) is 9.46. The van der Waals surface area contributed by atoms with Gasteiger partial charge in [-0.25, -0.2) is 4.79 Å². The van der Waals surface area contributed by atoms with Gasteiger partial charge in [-0.3, -0.25) is 0 Å². The zero-order valence-electron chi connectivity index (χ0n) is 18.0. The van der Waals surface area contributed by atoms with Crippen LogP contribution in [0.2, 0.25) is 0 Å². The van der Waals surface area contributed by atoms with E-state index in [4.69, 9.17) is 4.74 Å². The van der Waals surface area contributed by atoms with Crippen molar-refractivity contribution in [3.05, 3.63) is 59.7 Å². The summed E-state index contributed by atoms with van der Waals surface area (Å²) in [6, 6.07) is 9.38. The number of ether oxygens (including phenoxy) is 1. The normalized spacial score (nSPS) is 41.0. The summed E-state index contributed by atoms with van der Waals surface area (Å²) in [6.07, 6.45) is 12.1. The molecule has 0 unspecified atom stereocenters. The number of hydrogen-bond donors (Lipinski definition) is 0. The minimum atomic E-state index is -0.192. The van der Waals surface area contributed by atoms with Gasteiger partial charge in [0, 0.05) is 0 Å². The molecule has 0 heterocycles. The molecule has 2 nitrogen and oxygen atoms in total. The molecule has 6 atom stereocenters. The van der Waals surface area contributed by atoms with E-state index in [-0.39, 0.29) is 12.1 Å². The maximum atomic E-state index is 12.5. The van der Waals surface area contributed by atoms with Crippen LogP contribution in [0.4, 0.5) is 0 Å². The van der Waals surface area contributed by atoms with Crippen LogP contribution >= 0.6 is 0 Å².